The van der Waals surface area contributed by atoms with E-state index >= 15 is 0 Å². The molecule has 0 saturated carbocycles. The van der Waals surface area contributed by atoms with Gasteiger partial charge in [0.1, 0.15) is 29.8 Å². The maximum absolute atomic E-state index is 13.4. The van der Waals surface area contributed by atoms with Crippen molar-refractivity contribution in [3.8, 4) is 5.75 Å². The summed E-state index contributed by atoms with van der Waals surface area (Å²) in [7, 11) is 0. The van der Waals surface area contributed by atoms with Crippen LogP contribution in [0.2, 0.25) is 0 Å². The number of nitrogens with one attached hydrogen (secondary N) is 1. The third-order valence-corrected chi connectivity index (χ3v) is 2.97. The van der Waals surface area contributed by atoms with Gasteiger partial charge < -0.3 is 10.5 Å². The Balaban J connectivity index is 2.16. The molecule has 3 N–H and O–H groups in total. The van der Waals surface area contributed by atoms with Crippen LogP contribution in [-0.4, -0.2) is 5.84 Å². The summed E-state index contributed by atoms with van der Waals surface area (Å²) in [6, 6.07) is 8.15. The first-order valence-corrected chi connectivity index (χ1v) is 6.46. The van der Waals surface area contributed by atoms with E-state index in [1.165, 1.54) is 24.3 Å². The van der Waals surface area contributed by atoms with Gasteiger partial charge in [0.25, 0.3) is 0 Å². The van der Waals surface area contributed by atoms with E-state index in [0.717, 1.165) is 0 Å². The van der Waals surface area contributed by atoms with Crippen LogP contribution in [0.1, 0.15) is 11.1 Å². The Morgan fingerprint density at radius 1 is 1.10 bits per heavy atom. The van der Waals surface area contributed by atoms with Gasteiger partial charge in [0, 0.05) is 16.1 Å². The molecule has 0 aliphatic rings. The Hall–Kier alpha value is -1.95. The highest BCUT2D eigenvalue weighted by atomic mass is 79.9. The summed E-state index contributed by atoms with van der Waals surface area (Å²) >= 11 is 3.16. The van der Waals surface area contributed by atoms with Crippen molar-refractivity contribution in [3.63, 3.8) is 0 Å². The molecule has 0 amide bonds. The number of hydrogen-bond acceptors (Lipinski definition) is 2. The first-order chi connectivity index (χ1) is 9.44. The molecular weight excluding hydrogens is 330 g/mol. The summed E-state index contributed by atoms with van der Waals surface area (Å²) in [6.45, 7) is 0.0495. The molecule has 0 bridgehead atoms. The minimum atomic E-state index is -0.503. The number of halogens is 3. The van der Waals surface area contributed by atoms with Gasteiger partial charge in [-0.2, -0.15) is 0 Å². The number of rotatable bonds is 4. The monoisotopic (exact) mass is 340 g/mol. The molecule has 2 aromatic carbocycles. The Labute approximate surface area is 123 Å². The number of ether oxygens (including phenoxy) is 1. The van der Waals surface area contributed by atoms with Crippen molar-refractivity contribution in [2.45, 2.75) is 6.61 Å². The Kier molecular flexibility index (Phi) is 4.34. The first kappa shape index (κ1) is 14.5. The molecule has 3 nitrogen and oxygen atoms in total. The Morgan fingerprint density at radius 3 is 2.45 bits per heavy atom. The lowest BCUT2D eigenvalue weighted by Crippen LogP contribution is -2.12. The molecule has 0 unspecified atom stereocenters. The van der Waals surface area contributed by atoms with Gasteiger partial charge in [0.05, 0.1) is 0 Å². The summed E-state index contributed by atoms with van der Waals surface area (Å²) in [5, 5.41) is 7.30. The maximum atomic E-state index is 13.4. The molecule has 0 saturated heterocycles. The number of nitrogen functional groups attached to an aromatic ring is 1. The van der Waals surface area contributed by atoms with Gasteiger partial charge in [-0.1, -0.05) is 15.9 Å². The molecule has 0 atom stereocenters. The van der Waals surface area contributed by atoms with E-state index in [2.05, 4.69) is 15.9 Å². The highest BCUT2D eigenvalue weighted by molar-refractivity contribution is 9.10. The molecular formula is C14H11BrF2N2O. The Bertz CT molecular complexity index is 641. The predicted octanol–water partition coefficient (Wildman–Crippen LogP) is 3.59. The van der Waals surface area contributed by atoms with Crippen molar-refractivity contribution in [1.82, 2.24) is 0 Å². The van der Waals surface area contributed by atoms with Crippen LogP contribution in [-0.2, 0) is 6.61 Å². The van der Waals surface area contributed by atoms with E-state index in [9.17, 15) is 8.78 Å². The molecule has 0 spiro atoms. The second kappa shape index (κ2) is 6.00. The molecule has 0 radical (unpaired) electrons. The zero-order valence-electron chi connectivity index (χ0n) is 10.3. The van der Waals surface area contributed by atoms with Crippen molar-refractivity contribution in [2.75, 3.05) is 0 Å². The number of benzene rings is 2. The topological polar surface area (TPSA) is 59.1 Å². The number of nitrogens with two attached hydrogens (primary N) is 1. The van der Waals surface area contributed by atoms with Gasteiger partial charge >= 0.3 is 0 Å². The molecule has 0 aromatic heterocycles. The normalized spacial score (nSPS) is 10.3. The van der Waals surface area contributed by atoms with E-state index in [-0.39, 0.29) is 18.0 Å². The molecule has 0 heterocycles. The zero-order valence-corrected chi connectivity index (χ0v) is 11.9. The summed E-state index contributed by atoms with van der Waals surface area (Å²) in [5.41, 5.74) is 6.11. The fraction of sp³-hybridized carbons (Fsp3) is 0.0714. The van der Waals surface area contributed by atoms with Gasteiger partial charge in [-0.05, 0) is 35.9 Å². The summed E-state index contributed by atoms with van der Waals surface area (Å²) < 4.78 is 32.5. The number of amidine groups is 1. The van der Waals surface area contributed by atoms with Gasteiger partial charge in [-0.15, -0.1) is 0 Å². The average molecular weight is 341 g/mol. The summed E-state index contributed by atoms with van der Waals surface area (Å²) in [6.07, 6.45) is 0. The van der Waals surface area contributed by atoms with Crippen LogP contribution < -0.4 is 10.5 Å². The summed E-state index contributed by atoms with van der Waals surface area (Å²) in [5.74, 6) is -0.834. The van der Waals surface area contributed by atoms with Crippen molar-refractivity contribution in [2.24, 2.45) is 5.73 Å². The van der Waals surface area contributed by atoms with Crippen molar-refractivity contribution < 1.29 is 13.5 Å². The van der Waals surface area contributed by atoms with Crippen LogP contribution in [0.3, 0.4) is 0 Å². The van der Waals surface area contributed by atoms with Crippen LogP contribution in [0.15, 0.2) is 40.9 Å². The minimum Gasteiger partial charge on any atom is -0.489 e. The van der Waals surface area contributed by atoms with Crippen LogP contribution >= 0.6 is 15.9 Å². The van der Waals surface area contributed by atoms with Gasteiger partial charge in [0.2, 0.25) is 0 Å². The van der Waals surface area contributed by atoms with Gasteiger partial charge in [0.15, 0.2) is 0 Å². The van der Waals surface area contributed by atoms with Gasteiger partial charge in [-0.25, -0.2) is 8.78 Å². The molecule has 2 rings (SSSR count). The van der Waals surface area contributed by atoms with Crippen LogP contribution in [0.4, 0.5) is 8.78 Å². The third kappa shape index (κ3) is 3.77. The third-order valence-electron chi connectivity index (χ3n) is 2.51. The Morgan fingerprint density at radius 2 is 1.80 bits per heavy atom. The number of hydrogen-bond donors (Lipinski definition) is 2. The second-order valence-electron chi connectivity index (χ2n) is 4.16. The van der Waals surface area contributed by atoms with E-state index < -0.39 is 11.6 Å². The standard InChI is InChI=1S/C14H11BrF2N2O/c15-10-4-12(17)6-13(5-10)20-7-8-1-9(14(18)19)3-11(16)2-8/h1-6H,7H2,(H3,18,19). The average Bonchev–Trinajstić information content (AvgIpc) is 2.34. The predicted molar refractivity (Wildman–Crippen MR) is 75.8 cm³/mol. The molecule has 0 aliphatic carbocycles. The van der Waals surface area contributed by atoms with Crippen LogP contribution in [0.25, 0.3) is 0 Å². The van der Waals surface area contributed by atoms with Crippen LogP contribution in [0.5, 0.6) is 5.75 Å². The lowest BCUT2D eigenvalue weighted by molar-refractivity contribution is 0.303. The van der Waals surface area contributed by atoms with Crippen molar-refractivity contribution in [3.05, 3.63) is 63.6 Å². The molecule has 20 heavy (non-hydrogen) atoms. The molecule has 0 aliphatic heterocycles. The lowest BCUT2D eigenvalue weighted by atomic mass is 10.1. The van der Waals surface area contributed by atoms with E-state index in [1.54, 1.807) is 12.1 Å². The smallest absolute Gasteiger partial charge is 0.128 e. The molecule has 0 fully saturated rings. The highest BCUT2D eigenvalue weighted by Crippen LogP contribution is 2.21. The lowest BCUT2D eigenvalue weighted by Gasteiger charge is -2.08. The molecule has 6 heteroatoms. The van der Waals surface area contributed by atoms with Crippen LogP contribution in [0, 0.1) is 17.0 Å². The van der Waals surface area contributed by atoms with Gasteiger partial charge in [-0.3, -0.25) is 5.41 Å². The van der Waals surface area contributed by atoms with Crippen molar-refractivity contribution in [1.29, 1.82) is 5.41 Å². The molecule has 104 valence electrons. The summed E-state index contributed by atoms with van der Waals surface area (Å²) in [4.78, 5) is 0. The SMILES string of the molecule is N=C(N)c1cc(F)cc(COc2cc(F)cc(Br)c2)c1. The van der Waals surface area contributed by atoms with E-state index in [0.29, 0.717) is 15.8 Å². The largest absolute Gasteiger partial charge is 0.489 e. The van der Waals surface area contributed by atoms with Crippen molar-refractivity contribution >= 4 is 21.8 Å². The van der Waals surface area contributed by atoms with E-state index in [4.69, 9.17) is 15.9 Å². The zero-order chi connectivity index (χ0) is 14.7. The highest BCUT2D eigenvalue weighted by Gasteiger charge is 2.05. The fourth-order valence-electron chi connectivity index (χ4n) is 1.67. The fourth-order valence-corrected chi connectivity index (χ4v) is 2.11. The second-order valence-corrected chi connectivity index (χ2v) is 5.07. The first-order valence-electron chi connectivity index (χ1n) is 5.67. The quantitative estimate of drug-likeness (QED) is 0.660. The van der Waals surface area contributed by atoms with E-state index in [1.807, 2.05) is 0 Å². The molecule has 2 aromatic rings. The maximum Gasteiger partial charge on any atom is 0.128 e. The minimum absolute atomic E-state index is 0.0495.